The summed E-state index contributed by atoms with van der Waals surface area (Å²) < 4.78 is 0. The van der Waals surface area contributed by atoms with Gasteiger partial charge in [-0.2, -0.15) is 0 Å². The van der Waals surface area contributed by atoms with Gasteiger partial charge < -0.3 is 10.2 Å². The lowest BCUT2D eigenvalue weighted by Crippen LogP contribution is -2.39. The third kappa shape index (κ3) is 3.90. The molecule has 2 aromatic rings. The molecular weight excluding hydrogens is 322 g/mol. The number of piperidine rings is 1. The van der Waals surface area contributed by atoms with E-state index in [1.807, 2.05) is 18.2 Å². The number of benzene rings is 1. The Bertz CT molecular complexity index is 770. The van der Waals surface area contributed by atoms with Crippen molar-refractivity contribution in [1.29, 1.82) is 0 Å². The van der Waals surface area contributed by atoms with Crippen LogP contribution in [0.3, 0.4) is 0 Å². The van der Waals surface area contributed by atoms with E-state index in [0.717, 1.165) is 38.0 Å². The molecule has 0 radical (unpaired) electrons. The van der Waals surface area contributed by atoms with Crippen molar-refractivity contribution in [3.05, 3.63) is 59.9 Å². The highest BCUT2D eigenvalue weighted by Crippen LogP contribution is 2.39. The van der Waals surface area contributed by atoms with Gasteiger partial charge in [0.15, 0.2) is 0 Å². The Balaban J connectivity index is 1.44. The molecule has 1 atom stereocenters. The minimum atomic E-state index is -0.0875. The van der Waals surface area contributed by atoms with E-state index in [1.54, 1.807) is 6.20 Å². The Labute approximate surface area is 155 Å². The maximum atomic E-state index is 12.8. The highest BCUT2D eigenvalue weighted by atomic mass is 16.2. The molecule has 1 N–H and O–H groups in total. The zero-order valence-corrected chi connectivity index (χ0v) is 15.4. The lowest BCUT2D eigenvalue weighted by molar-refractivity contribution is 0.0926. The number of nitrogens with one attached hydrogen (secondary N) is 1. The summed E-state index contributed by atoms with van der Waals surface area (Å²) in [6, 6.07) is 14.4. The number of hydrogen-bond donors (Lipinski definition) is 1. The second-order valence-corrected chi connectivity index (χ2v) is 7.99. The normalized spacial score (nSPS) is 21.3. The van der Waals surface area contributed by atoms with Gasteiger partial charge in [0.2, 0.25) is 0 Å². The van der Waals surface area contributed by atoms with Crippen LogP contribution in [0.1, 0.15) is 48.7 Å². The Morgan fingerprint density at radius 3 is 2.81 bits per heavy atom. The first-order valence-electron chi connectivity index (χ1n) is 9.71. The summed E-state index contributed by atoms with van der Waals surface area (Å²) in [7, 11) is 0. The Morgan fingerprint density at radius 2 is 2.08 bits per heavy atom. The first kappa shape index (κ1) is 17.1. The van der Waals surface area contributed by atoms with Crippen LogP contribution in [0.2, 0.25) is 0 Å². The minimum Gasteiger partial charge on any atom is -0.371 e. The van der Waals surface area contributed by atoms with Crippen LogP contribution in [0.15, 0.2) is 48.7 Å². The second-order valence-electron chi connectivity index (χ2n) is 7.99. The number of amides is 1. The van der Waals surface area contributed by atoms with E-state index in [1.165, 1.54) is 18.4 Å². The summed E-state index contributed by atoms with van der Waals surface area (Å²) >= 11 is 0. The van der Waals surface area contributed by atoms with Crippen molar-refractivity contribution in [1.82, 2.24) is 10.3 Å². The third-order valence-electron chi connectivity index (χ3n) is 5.62. The molecule has 2 fully saturated rings. The molecule has 0 bridgehead atoms. The molecular formula is C22H27N3O. The molecule has 136 valence electrons. The molecule has 2 heterocycles. The maximum Gasteiger partial charge on any atom is 0.270 e. The summed E-state index contributed by atoms with van der Waals surface area (Å²) in [4.78, 5) is 19.5. The zero-order valence-electron chi connectivity index (χ0n) is 15.4. The van der Waals surface area contributed by atoms with Crippen LogP contribution in [0.5, 0.6) is 0 Å². The van der Waals surface area contributed by atoms with E-state index in [2.05, 4.69) is 46.4 Å². The molecule has 4 rings (SSSR count). The molecule has 1 saturated carbocycles. The van der Waals surface area contributed by atoms with Gasteiger partial charge in [0.25, 0.3) is 5.91 Å². The molecule has 0 spiro atoms. The van der Waals surface area contributed by atoms with E-state index in [0.29, 0.717) is 11.6 Å². The van der Waals surface area contributed by atoms with Gasteiger partial charge in [-0.05, 0) is 55.7 Å². The highest BCUT2D eigenvalue weighted by Gasteiger charge is 2.44. The van der Waals surface area contributed by atoms with Crippen LogP contribution in [-0.4, -0.2) is 29.5 Å². The standard InChI is InChI=1S/C22H27N3O/c1-17-6-5-13-25(16-17)19-9-12-23-20(14-19)21(26)24-22(10-11-22)15-18-7-3-2-4-8-18/h2-4,7-9,12,14,17H,5-6,10-11,13,15-16H2,1H3,(H,24,26). The summed E-state index contributed by atoms with van der Waals surface area (Å²) in [6.07, 6.45) is 7.24. The van der Waals surface area contributed by atoms with Crippen LogP contribution in [0, 0.1) is 5.92 Å². The van der Waals surface area contributed by atoms with Crippen LogP contribution < -0.4 is 10.2 Å². The van der Waals surface area contributed by atoms with Crippen molar-refractivity contribution in [3.8, 4) is 0 Å². The number of hydrogen-bond acceptors (Lipinski definition) is 3. The van der Waals surface area contributed by atoms with E-state index in [-0.39, 0.29) is 11.4 Å². The van der Waals surface area contributed by atoms with E-state index < -0.39 is 0 Å². The number of carbonyl (C=O) groups excluding carboxylic acids is 1. The molecule has 26 heavy (non-hydrogen) atoms. The Kier molecular flexibility index (Phi) is 4.66. The molecule has 1 aromatic heterocycles. The fourth-order valence-corrected chi connectivity index (χ4v) is 3.95. The van der Waals surface area contributed by atoms with Gasteiger partial charge in [0.1, 0.15) is 5.69 Å². The number of aromatic nitrogens is 1. The molecule has 1 amide bonds. The number of pyridine rings is 1. The highest BCUT2D eigenvalue weighted by molar-refractivity contribution is 5.94. The smallest absolute Gasteiger partial charge is 0.270 e. The van der Waals surface area contributed by atoms with Crippen LogP contribution >= 0.6 is 0 Å². The number of anilines is 1. The summed E-state index contributed by atoms with van der Waals surface area (Å²) in [6.45, 7) is 4.41. The molecule has 1 aliphatic heterocycles. The van der Waals surface area contributed by atoms with Crippen LogP contribution in [-0.2, 0) is 6.42 Å². The van der Waals surface area contributed by atoms with Crippen molar-refractivity contribution in [2.45, 2.75) is 44.6 Å². The topological polar surface area (TPSA) is 45.2 Å². The second kappa shape index (κ2) is 7.10. The van der Waals surface area contributed by atoms with Crippen molar-refractivity contribution in [3.63, 3.8) is 0 Å². The van der Waals surface area contributed by atoms with Crippen molar-refractivity contribution in [2.75, 3.05) is 18.0 Å². The van der Waals surface area contributed by atoms with Crippen molar-refractivity contribution < 1.29 is 4.79 Å². The van der Waals surface area contributed by atoms with Gasteiger partial charge in [-0.15, -0.1) is 0 Å². The average molecular weight is 349 g/mol. The molecule has 4 nitrogen and oxygen atoms in total. The van der Waals surface area contributed by atoms with Gasteiger partial charge in [-0.1, -0.05) is 37.3 Å². The van der Waals surface area contributed by atoms with Gasteiger partial charge in [-0.25, -0.2) is 0 Å². The lowest BCUT2D eigenvalue weighted by atomic mass is 10.00. The zero-order chi connectivity index (χ0) is 18.0. The number of rotatable bonds is 5. The molecule has 1 aromatic carbocycles. The monoisotopic (exact) mass is 349 g/mol. The fraction of sp³-hybridized carbons (Fsp3) is 0.455. The van der Waals surface area contributed by atoms with Crippen molar-refractivity contribution in [2.24, 2.45) is 5.92 Å². The largest absolute Gasteiger partial charge is 0.371 e. The maximum absolute atomic E-state index is 12.8. The SMILES string of the molecule is CC1CCCN(c2ccnc(C(=O)NC3(Cc4ccccc4)CC3)c2)C1. The van der Waals surface area contributed by atoms with E-state index >= 15 is 0 Å². The molecule has 1 saturated heterocycles. The average Bonchev–Trinajstić information content (AvgIpc) is 3.41. The lowest BCUT2D eigenvalue weighted by Gasteiger charge is -2.32. The summed E-state index contributed by atoms with van der Waals surface area (Å²) in [5, 5.41) is 3.25. The molecule has 2 aliphatic rings. The van der Waals surface area contributed by atoms with Crippen LogP contribution in [0.25, 0.3) is 0 Å². The van der Waals surface area contributed by atoms with Crippen molar-refractivity contribution >= 4 is 11.6 Å². The quantitative estimate of drug-likeness (QED) is 0.892. The van der Waals surface area contributed by atoms with Crippen LogP contribution in [0.4, 0.5) is 5.69 Å². The summed E-state index contributed by atoms with van der Waals surface area (Å²) in [5.41, 5.74) is 2.83. The van der Waals surface area contributed by atoms with E-state index in [9.17, 15) is 4.79 Å². The molecule has 1 aliphatic carbocycles. The van der Waals surface area contributed by atoms with Gasteiger partial charge in [0, 0.05) is 30.5 Å². The Morgan fingerprint density at radius 1 is 1.27 bits per heavy atom. The van der Waals surface area contributed by atoms with Gasteiger partial charge in [0.05, 0.1) is 0 Å². The fourth-order valence-electron chi connectivity index (χ4n) is 3.95. The predicted molar refractivity (Wildman–Crippen MR) is 104 cm³/mol. The number of carbonyl (C=O) groups is 1. The predicted octanol–water partition coefficient (Wildman–Crippen LogP) is 3.82. The molecule has 4 heteroatoms. The molecule has 1 unspecified atom stereocenters. The Hall–Kier alpha value is -2.36. The summed E-state index contributed by atoms with van der Waals surface area (Å²) in [5.74, 6) is 0.653. The third-order valence-corrected chi connectivity index (χ3v) is 5.62. The first-order valence-corrected chi connectivity index (χ1v) is 9.71. The first-order chi connectivity index (χ1) is 12.6. The van der Waals surface area contributed by atoms with E-state index in [4.69, 9.17) is 0 Å². The van der Waals surface area contributed by atoms with Gasteiger partial charge >= 0.3 is 0 Å². The van der Waals surface area contributed by atoms with Gasteiger partial charge in [-0.3, -0.25) is 9.78 Å². The minimum absolute atomic E-state index is 0.0506. The number of nitrogens with zero attached hydrogens (tertiary/aromatic N) is 2.